The molecule has 1 aromatic heterocycles. The number of aromatic nitrogens is 2. The molecule has 0 atom stereocenters. The van der Waals surface area contributed by atoms with Gasteiger partial charge in [-0.3, -0.25) is 4.79 Å². The van der Waals surface area contributed by atoms with E-state index >= 15 is 0 Å². The molecular weight excluding hydrogens is 401 g/mol. The largest absolute Gasteiger partial charge is 0.497 e. The van der Waals surface area contributed by atoms with Crippen molar-refractivity contribution in [3.05, 3.63) is 65.6 Å². The number of halogens is 1. The van der Waals surface area contributed by atoms with E-state index in [1.54, 1.807) is 31.4 Å². The van der Waals surface area contributed by atoms with Gasteiger partial charge in [0, 0.05) is 6.54 Å². The van der Waals surface area contributed by atoms with Crippen LogP contribution in [-0.4, -0.2) is 35.9 Å². The predicted octanol–water partition coefficient (Wildman–Crippen LogP) is 2.60. The predicted molar refractivity (Wildman–Crippen MR) is 112 cm³/mol. The molecule has 0 unspecified atom stereocenters. The molecule has 31 heavy (non-hydrogen) atoms. The Morgan fingerprint density at radius 2 is 1.87 bits per heavy atom. The van der Waals surface area contributed by atoms with E-state index in [1.807, 2.05) is 0 Å². The molecule has 3 aromatic rings. The number of carbonyl (C=O) groups is 1. The highest BCUT2D eigenvalue weighted by Crippen LogP contribution is 2.21. The molecule has 8 nitrogen and oxygen atoms in total. The highest BCUT2D eigenvalue weighted by atomic mass is 19.1. The smallest absolute Gasteiger partial charge is 0.257 e. The Balaban J connectivity index is 1.49. The maximum Gasteiger partial charge on any atom is 0.257 e. The molecule has 3 N–H and O–H groups in total. The summed E-state index contributed by atoms with van der Waals surface area (Å²) in [5.74, 6) is 0.836. The van der Waals surface area contributed by atoms with E-state index in [4.69, 9.17) is 15.2 Å². The lowest BCUT2D eigenvalue weighted by Gasteiger charge is -2.08. The Labute approximate surface area is 179 Å². The van der Waals surface area contributed by atoms with Crippen LogP contribution < -0.4 is 20.5 Å². The molecule has 2 aromatic carbocycles. The van der Waals surface area contributed by atoms with E-state index in [0.29, 0.717) is 42.3 Å². The van der Waals surface area contributed by atoms with Crippen molar-refractivity contribution in [2.24, 2.45) is 0 Å². The van der Waals surface area contributed by atoms with Crippen LogP contribution in [0.2, 0.25) is 0 Å². The quantitative estimate of drug-likeness (QED) is 0.511. The molecule has 0 saturated heterocycles. The van der Waals surface area contributed by atoms with Crippen LogP contribution in [0, 0.1) is 17.1 Å². The van der Waals surface area contributed by atoms with Crippen molar-refractivity contribution in [3.8, 4) is 23.3 Å². The number of rotatable bonds is 9. The number of hydrogen-bond acceptors (Lipinski definition) is 6. The molecule has 0 spiro atoms. The monoisotopic (exact) mass is 423 g/mol. The van der Waals surface area contributed by atoms with E-state index in [-0.39, 0.29) is 29.7 Å². The fraction of sp³-hybridized carbons (Fsp3) is 0.227. The second-order valence-corrected chi connectivity index (χ2v) is 6.62. The number of hydrogen-bond donors (Lipinski definition) is 2. The van der Waals surface area contributed by atoms with E-state index < -0.39 is 0 Å². The van der Waals surface area contributed by atoms with Crippen LogP contribution in [0.4, 0.5) is 10.2 Å². The SMILES string of the molecule is COc1ccc(OCC(=O)NCCCc2nn(-c3ccc(F)cc3)c(N)c2C#N)cc1. The molecule has 0 bridgehead atoms. The molecule has 0 saturated carbocycles. The fourth-order valence-electron chi connectivity index (χ4n) is 2.91. The van der Waals surface area contributed by atoms with Crippen LogP contribution in [0.1, 0.15) is 17.7 Å². The Morgan fingerprint density at radius 3 is 2.52 bits per heavy atom. The van der Waals surface area contributed by atoms with Gasteiger partial charge in [0.1, 0.15) is 34.8 Å². The molecule has 9 heteroatoms. The molecule has 160 valence electrons. The summed E-state index contributed by atoms with van der Waals surface area (Å²) in [5.41, 5.74) is 7.40. The number of benzene rings is 2. The Hall–Kier alpha value is -4.06. The lowest BCUT2D eigenvalue weighted by atomic mass is 10.1. The summed E-state index contributed by atoms with van der Waals surface area (Å²) in [5, 5.41) is 16.6. The number of nitrogen functional groups attached to an aromatic ring is 1. The molecular formula is C22H22FN5O3. The fourth-order valence-corrected chi connectivity index (χ4v) is 2.91. The van der Waals surface area contributed by atoms with Crippen LogP contribution >= 0.6 is 0 Å². The first-order valence-electron chi connectivity index (χ1n) is 9.58. The Bertz CT molecular complexity index is 1070. The zero-order chi connectivity index (χ0) is 22.2. The summed E-state index contributed by atoms with van der Waals surface area (Å²) in [4.78, 5) is 12.0. The minimum Gasteiger partial charge on any atom is -0.497 e. The Morgan fingerprint density at radius 1 is 1.19 bits per heavy atom. The zero-order valence-corrected chi connectivity index (χ0v) is 17.0. The first kappa shape index (κ1) is 21.6. The molecule has 0 radical (unpaired) electrons. The van der Waals surface area contributed by atoms with Crippen LogP contribution in [0.15, 0.2) is 48.5 Å². The van der Waals surface area contributed by atoms with Gasteiger partial charge in [0.25, 0.3) is 5.91 Å². The third-order valence-electron chi connectivity index (χ3n) is 4.52. The van der Waals surface area contributed by atoms with Gasteiger partial charge >= 0.3 is 0 Å². The molecule has 3 rings (SSSR count). The highest BCUT2D eigenvalue weighted by Gasteiger charge is 2.16. The van der Waals surface area contributed by atoms with Crippen molar-refractivity contribution in [2.45, 2.75) is 12.8 Å². The number of amides is 1. The van der Waals surface area contributed by atoms with Gasteiger partial charge < -0.3 is 20.5 Å². The normalized spacial score (nSPS) is 10.4. The number of aryl methyl sites for hydroxylation is 1. The number of nitrogens with two attached hydrogens (primary N) is 1. The topological polar surface area (TPSA) is 115 Å². The van der Waals surface area contributed by atoms with Crippen LogP contribution in [0.3, 0.4) is 0 Å². The maximum absolute atomic E-state index is 13.1. The summed E-state index contributed by atoms with van der Waals surface area (Å²) in [7, 11) is 1.57. The number of methoxy groups -OCH3 is 1. The number of nitrogens with zero attached hydrogens (tertiary/aromatic N) is 3. The van der Waals surface area contributed by atoms with Gasteiger partial charge in [-0.25, -0.2) is 9.07 Å². The van der Waals surface area contributed by atoms with Crippen molar-refractivity contribution in [2.75, 3.05) is 26.0 Å². The molecule has 1 amide bonds. The van der Waals surface area contributed by atoms with Gasteiger partial charge in [0.05, 0.1) is 18.5 Å². The van der Waals surface area contributed by atoms with Crippen molar-refractivity contribution < 1.29 is 18.7 Å². The number of carbonyl (C=O) groups excluding carboxylic acids is 1. The van der Waals surface area contributed by atoms with Gasteiger partial charge in [0.2, 0.25) is 0 Å². The first-order valence-corrected chi connectivity index (χ1v) is 9.58. The molecule has 0 aliphatic carbocycles. The summed E-state index contributed by atoms with van der Waals surface area (Å²) >= 11 is 0. The van der Waals surface area contributed by atoms with E-state index in [1.165, 1.54) is 28.9 Å². The van der Waals surface area contributed by atoms with Crippen LogP contribution in [0.5, 0.6) is 11.5 Å². The summed E-state index contributed by atoms with van der Waals surface area (Å²) in [6, 6.07) is 14.7. The van der Waals surface area contributed by atoms with E-state index in [9.17, 15) is 14.4 Å². The van der Waals surface area contributed by atoms with Crippen molar-refractivity contribution in [3.63, 3.8) is 0 Å². The second-order valence-electron chi connectivity index (χ2n) is 6.62. The average molecular weight is 423 g/mol. The van der Waals surface area contributed by atoms with E-state index in [2.05, 4.69) is 16.5 Å². The van der Waals surface area contributed by atoms with Crippen molar-refractivity contribution >= 4 is 11.7 Å². The lowest BCUT2D eigenvalue weighted by molar-refractivity contribution is -0.123. The van der Waals surface area contributed by atoms with Crippen LogP contribution in [0.25, 0.3) is 5.69 Å². The zero-order valence-electron chi connectivity index (χ0n) is 17.0. The average Bonchev–Trinajstić information content (AvgIpc) is 3.11. The minimum atomic E-state index is -0.373. The molecule has 0 aliphatic heterocycles. The second kappa shape index (κ2) is 10.1. The molecule has 1 heterocycles. The molecule has 0 aliphatic rings. The number of nitriles is 1. The van der Waals surface area contributed by atoms with E-state index in [0.717, 1.165) is 0 Å². The third kappa shape index (κ3) is 5.51. The van der Waals surface area contributed by atoms with Gasteiger partial charge in [0.15, 0.2) is 6.61 Å². The summed E-state index contributed by atoms with van der Waals surface area (Å²) < 4.78 is 25.0. The van der Waals surface area contributed by atoms with Crippen LogP contribution in [-0.2, 0) is 11.2 Å². The van der Waals surface area contributed by atoms with Crippen molar-refractivity contribution in [1.82, 2.24) is 15.1 Å². The highest BCUT2D eigenvalue weighted by molar-refractivity contribution is 5.77. The lowest BCUT2D eigenvalue weighted by Crippen LogP contribution is -2.29. The maximum atomic E-state index is 13.1. The van der Waals surface area contributed by atoms with Gasteiger partial charge in [-0.15, -0.1) is 0 Å². The van der Waals surface area contributed by atoms with Gasteiger partial charge in [-0.2, -0.15) is 10.4 Å². The van der Waals surface area contributed by atoms with Gasteiger partial charge in [-0.05, 0) is 61.4 Å². The molecule has 0 fully saturated rings. The third-order valence-corrected chi connectivity index (χ3v) is 4.52. The van der Waals surface area contributed by atoms with Gasteiger partial charge in [-0.1, -0.05) is 0 Å². The number of nitrogens with one attached hydrogen (secondary N) is 1. The Kier molecular flexibility index (Phi) is 7.06. The van der Waals surface area contributed by atoms with Crippen molar-refractivity contribution in [1.29, 1.82) is 5.26 Å². The minimum absolute atomic E-state index is 0.109. The summed E-state index contributed by atoms with van der Waals surface area (Å²) in [6.45, 7) is 0.279. The first-order chi connectivity index (χ1) is 15.0. The number of ether oxygens (including phenoxy) is 2. The summed E-state index contributed by atoms with van der Waals surface area (Å²) in [6.07, 6.45) is 1.00. The number of anilines is 1. The standard InChI is InChI=1S/C22H22FN5O3/c1-30-17-8-10-18(11-9-17)31-14-21(29)26-12-2-3-20-19(13-24)22(25)28(27-20)16-6-4-15(23)5-7-16/h4-11H,2-3,12,14,25H2,1H3,(H,26,29).